The first kappa shape index (κ1) is 11.9. The fourth-order valence-electron chi connectivity index (χ4n) is 1.94. The molecule has 0 aromatic carbocycles. The number of nitrogens with one attached hydrogen (secondary N) is 1. The van der Waals surface area contributed by atoms with E-state index in [4.69, 9.17) is 4.42 Å². The normalized spacial score (nSPS) is 12.9. The van der Waals surface area contributed by atoms with Crippen LogP contribution in [0, 0.1) is 6.92 Å². The maximum atomic E-state index is 5.68. The van der Waals surface area contributed by atoms with Gasteiger partial charge in [-0.05, 0) is 31.7 Å². The van der Waals surface area contributed by atoms with Gasteiger partial charge >= 0.3 is 0 Å². The lowest BCUT2D eigenvalue weighted by Gasteiger charge is -2.14. The third-order valence-corrected chi connectivity index (χ3v) is 2.74. The van der Waals surface area contributed by atoms with Crippen LogP contribution >= 0.6 is 0 Å². The van der Waals surface area contributed by atoms with E-state index >= 15 is 0 Å². The smallest absolute Gasteiger partial charge is 0.121 e. The van der Waals surface area contributed by atoms with E-state index in [1.807, 2.05) is 43.0 Å². The first-order valence-electron chi connectivity index (χ1n) is 5.97. The monoisotopic (exact) mass is 233 g/mol. The number of hydrogen-bond acceptors (Lipinski definition) is 3. The zero-order valence-corrected chi connectivity index (χ0v) is 10.6. The summed E-state index contributed by atoms with van der Waals surface area (Å²) < 4.78 is 7.51. The lowest BCUT2D eigenvalue weighted by atomic mass is 10.1. The van der Waals surface area contributed by atoms with Gasteiger partial charge in [-0.1, -0.05) is 6.92 Å². The summed E-state index contributed by atoms with van der Waals surface area (Å²) in [6, 6.07) is 6.27. The molecule has 0 aliphatic rings. The van der Waals surface area contributed by atoms with Crippen molar-refractivity contribution >= 4 is 0 Å². The summed E-state index contributed by atoms with van der Waals surface area (Å²) in [7, 11) is 1.93. The van der Waals surface area contributed by atoms with Crippen LogP contribution in [0.2, 0.25) is 0 Å². The molecule has 4 nitrogen and oxygen atoms in total. The molecule has 2 aromatic rings. The van der Waals surface area contributed by atoms with Crippen molar-refractivity contribution < 1.29 is 4.42 Å². The zero-order chi connectivity index (χ0) is 12.3. The number of aryl methyl sites for hydroxylation is 2. The Balaban J connectivity index is 2.12. The Hall–Kier alpha value is -1.55. The number of likely N-dealkylation sites (N-methyl/N-ethyl adjacent to an activating group) is 1. The van der Waals surface area contributed by atoms with Crippen LogP contribution in [0.4, 0.5) is 0 Å². The lowest BCUT2D eigenvalue weighted by Crippen LogP contribution is -2.22. The predicted octanol–water partition coefficient (Wildman–Crippen LogP) is 2.21. The molecule has 0 bridgehead atoms. The zero-order valence-electron chi connectivity index (χ0n) is 10.6. The predicted molar refractivity (Wildman–Crippen MR) is 66.8 cm³/mol. The third-order valence-electron chi connectivity index (χ3n) is 2.74. The maximum absolute atomic E-state index is 5.68. The Labute approximate surface area is 102 Å². The first-order valence-corrected chi connectivity index (χ1v) is 5.97. The molecule has 1 N–H and O–H groups in total. The Morgan fingerprint density at radius 1 is 1.41 bits per heavy atom. The minimum Gasteiger partial charge on any atom is -0.465 e. The molecule has 0 aliphatic heterocycles. The van der Waals surface area contributed by atoms with E-state index in [1.165, 1.54) is 0 Å². The van der Waals surface area contributed by atoms with Crippen LogP contribution < -0.4 is 5.32 Å². The fourth-order valence-corrected chi connectivity index (χ4v) is 1.94. The van der Waals surface area contributed by atoms with Crippen LogP contribution in [0.3, 0.4) is 0 Å². The summed E-state index contributed by atoms with van der Waals surface area (Å²) in [5.74, 6) is 1.93. The standard InChI is InChI=1S/C13H19N3O/c1-4-14-12(13-6-5-10(2)17-13)9-11-7-8-16(3)15-11/h5-8,12,14H,4,9H2,1-3H3. The third kappa shape index (κ3) is 2.97. The van der Waals surface area contributed by atoms with Crippen molar-refractivity contribution in [2.75, 3.05) is 6.54 Å². The highest BCUT2D eigenvalue weighted by Crippen LogP contribution is 2.19. The molecule has 0 radical (unpaired) electrons. The molecule has 2 aromatic heterocycles. The summed E-state index contributed by atoms with van der Waals surface area (Å²) in [6.45, 7) is 4.98. The Morgan fingerprint density at radius 2 is 2.24 bits per heavy atom. The highest BCUT2D eigenvalue weighted by molar-refractivity contribution is 5.13. The molecule has 2 rings (SSSR count). The number of aromatic nitrogens is 2. The van der Waals surface area contributed by atoms with Crippen molar-refractivity contribution in [1.29, 1.82) is 0 Å². The SMILES string of the molecule is CCNC(Cc1ccn(C)n1)c1ccc(C)o1. The van der Waals surface area contributed by atoms with Crippen LogP contribution in [0.25, 0.3) is 0 Å². The highest BCUT2D eigenvalue weighted by atomic mass is 16.3. The summed E-state index contributed by atoms with van der Waals surface area (Å²) in [5, 5.41) is 7.83. The number of rotatable bonds is 5. The summed E-state index contributed by atoms with van der Waals surface area (Å²) >= 11 is 0. The van der Waals surface area contributed by atoms with E-state index in [2.05, 4.69) is 17.3 Å². The second-order valence-corrected chi connectivity index (χ2v) is 4.24. The molecule has 17 heavy (non-hydrogen) atoms. The summed E-state index contributed by atoms with van der Waals surface area (Å²) in [6.07, 6.45) is 2.81. The number of furan rings is 1. The minimum absolute atomic E-state index is 0.198. The maximum Gasteiger partial charge on any atom is 0.121 e. The molecule has 0 spiro atoms. The summed E-state index contributed by atoms with van der Waals surface area (Å²) in [4.78, 5) is 0. The lowest BCUT2D eigenvalue weighted by molar-refractivity contribution is 0.401. The van der Waals surface area contributed by atoms with E-state index in [-0.39, 0.29) is 6.04 Å². The van der Waals surface area contributed by atoms with E-state index < -0.39 is 0 Å². The van der Waals surface area contributed by atoms with Gasteiger partial charge in [0.15, 0.2) is 0 Å². The average molecular weight is 233 g/mol. The Bertz CT molecular complexity index is 472. The van der Waals surface area contributed by atoms with Gasteiger partial charge in [-0.25, -0.2) is 0 Å². The van der Waals surface area contributed by atoms with E-state index in [0.29, 0.717) is 0 Å². The molecule has 0 saturated heterocycles. The molecule has 4 heteroatoms. The quantitative estimate of drug-likeness (QED) is 0.861. The van der Waals surface area contributed by atoms with Gasteiger partial charge in [0, 0.05) is 19.7 Å². The molecule has 2 heterocycles. The van der Waals surface area contributed by atoms with Gasteiger partial charge < -0.3 is 9.73 Å². The van der Waals surface area contributed by atoms with Crippen LogP contribution in [0.5, 0.6) is 0 Å². The first-order chi connectivity index (χ1) is 8.19. The van der Waals surface area contributed by atoms with Gasteiger partial charge in [0.2, 0.25) is 0 Å². The van der Waals surface area contributed by atoms with Gasteiger partial charge in [-0.3, -0.25) is 4.68 Å². The van der Waals surface area contributed by atoms with Crippen LogP contribution in [0.1, 0.15) is 30.2 Å². The van der Waals surface area contributed by atoms with E-state index in [1.54, 1.807) is 0 Å². The van der Waals surface area contributed by atoms with E-state index in [9.17, 15) is 0 Å². The highest BCUT2D eigenvalue weighted by Gasteiger charge is 2.15. The fraction of sp³-hybridized carbons (Fsp3) is 0.462. The molecule has 0 amide bonds. The molecular weight excluding hydrogens is 214 g/mol. The largest absolute Gasteiger partial charge is 0.465 e. The van der Waals surface area contributed by atoms with Crippen molar-refractivity contribution in [3.63, 3.8) is 0 Å². The van der Waals surface area contributed by atoms with Crippen molar-refractivity contribution in [2.45, 2.75) is 26.3 Å². The molecule has 0 aliphatic carbocycles. The van der Waals surface area contributed by atoms with Gasteiger partial charge in [-0.2, -0.15) is 5.10 Å². The molecule has 1 atom stereocenters. The van der Waals surface area contributed by atoms with Crippen molar-refractivity contribution in [1.82, 2.24) is 15.1 Å². The van der Waals surface area contributed by atoms with Crippen molar-refractivity contribution in [3.05, 3.63) is 41.6 Å². The van der Waals surface area contributed by atoms with Crippen molar-refractivity contribution in [3.8, 4) is 0 Å². The molecular formula is C13H19N3O. The Morgan fingerprint density at radius 3 is 2.76 bits per heavy atom. The van der Waals surface area contributed by atoms with Gasteiger partial charge in [0.1, 0.15) is 11.5 Å². The van der Waals surface area contributed by atoms with Gasteiger partial charge in [-0.15, -0.1) is 0 Å². The minimum atomic E-state index is 0.198. The number of hydrogen-bond donors (Lipinski definition) is 1. The average Bonchev–Trinajstić information content (AvgIpc) is 2.87. The summed E-state index contributed by atoms with van der Waals surface area (Å²) in [5.41, 5.74) is 1.08. The van der Waals surface area contributed by atoms with E-state index in [0.717, 1.165) is 30.2 Å². The van der Waals surface area contributed by atoms with Gasteiger partial charge in [0.25, 0.3) is 0 Å². The Kier molecular flexibility index (Phi) is 3.64. The second kappa shape index (κ2) is 5.19. The molecule has 0 saturated carbocycles. The van der Waals surface area contributed by atoms with Crippen LogP contribution in [-0.4, -0.2) is 16.3 Å². The topological polar surface area (TPSA) is 43.0 Å². The van der Waals surface area contributed by atoms with Gasteiger partial charge in [0.05, 0.1) is 11.7 Å². The molecule has 1 unspecified atom stereocenters. The van der Waals surface area contributed by atoms with Crippen molar-refractivity contribution in [2.24, 2.45) is 7.05 Å². The molecule has 92 valence electrons. The van der Waals surface area contributed by atoms with Crippen LogP contribution in [-0.2, 0) is 13.5 Å². The molecule has 0 fully saturated rings. The van der Waals surface area contributed by atoms with Crippen LogP contribution in [0.15, 0.2) is 28.8 Å². The second-order valence-electron chi connectivity index (χ2n) is 4.24. The number of nitrogens with zero attached hydrogens (tertiary/aromatic N) is 2.